The quantitative estimate of drug-likeness (QED) is 0.830. The van der Waals surface area contributed by atoms with Crippen LogP contribution in [-0.4, -0.2) is 20.7 Å². The fourth-order valence-electron chi connectivity index (χ4n) is 2.81. The van der Waals surface area contributed by atoms with Gasteiger partial charge >= 0.3 is 0 Å². The summed E-state index contributed by atoms with van der Waals surface area (Å²) in [5.74, 6) is 1.41. The summed E-state index contributed by atoms with van der Waals surface area (Å²) in [5.41, 5.74) is 11.5. The third-order valence-corrected chi connectivity index (χ3v) is 4.16. The van der Waals surface area contributed by atoms with E-state index in [1.54, 1.807) is 7.11 Å². The van der Waals surface area contributed by atoms with E-state index >= 15 is 0 Å². The van der Waals surface area contributed by atoms with Crippen molar-refractivity contribution in [3.63, 3.8) is 0 Å². The van der Waals surface area contributed by atoms with Gasteiger partial charge in [0, 0.05) is 6.04 Å². The van der Waals surface area contributed by atoms with Gasteiger partial charge in [0.15, 0.2) is 0 Å². The molecule has 0 aliphatic rings. The highest BCUT2D eigenvalue weighted by Gasteiger charge is 2.22. The monoisotopic (exact) mass is 264 g/mol. The smallest absolute Gasteiger partial charge is 0.122 e. The zero-order valence-corrected chi connectivity index (χ0v) is 13.1. The number of methoxy groups -OCH3 is 1. The minimum atomic E-state index is 0.0713. The average molecular weight is 264 g/mol. The van der Waals surface area contributed by atoms with E-state index in [1.165, 1.54) is 22.3 Å². The van der Waals surface area contributed by atoms with E-state index in [0.29, 0.717) is 5.92 Å². The Balaban J connectivity index is 3.23. The SMILES string of the molecule is CCC(CNC)C(N)c1c(C)cc(OC)c(C)c1C. The predicted octanol–water partition coefficient (Wildman–Crippen LogP) is 2.87. The molecule has 19 heavy (non-hydrogen) atoms. The van der Waals surface area contributed by atoms with Crippen LogP contribution in [0.15, 0.2) is 6.07 Å². The first-order chi connectivity index (χ1) is 8.97. The molecule has 0 bridgehead atoms. The minimum Gasteiger partial charge on any atom is -0.496 e. The molecule has 0 aliphatic heterocycles. The number of hydrogen-bond donors (Lipinski definition) is 2. The number of nitrogens with one attached hydrogen (secondary N) is 1. The normalized spacial score (nSPS) is 14.3. The summed E-state index contributed by atoms with van der Waals surface area (Å²) in [5, 5.41) is 3.24. The zero-order valence-electron chi connectivity index (χ0n) is 13.1. The number of benzene rings is 1. The molecule has 2 atom stereocenters. The van der Waals surface area contributed by atoms with E-state index in [-0.39, 0.29) is 6.04 Å². The molecule has 0 radical (unpaired) electrons. The number of nitrogens with two attached hydrogens (primary N) is 1. The Bertz CT molecular complexity index is 429. The lowest BCUT2D eigenvalue weighted by atomic mass is 9.85. The van der Waals surface area contributed by atoms with Gasteiger partial charge in [-0.15, -0.1) is 0 Å². The summed E-state index contributed by atoms with van der Waals surface area (Å²) in [6, 6.07) is 2.17. The molecule has 0 amide bonds. The van der Waals surface area contributed by atoms with Crippen molar-refractivity contribution < 1.29 is 4.74 Å². The van der Waals surface area contributed by atoms with Gasteiger partial charge in [0.05, 0.1) is 7.11 Å². The Morgan fingerprint density at radius 3 is 2.37 bits per heavy atom. The maximum absolute atomic E-state index is 6.52. The van der Waals surface area contributed by atoms with Crippen LogP contribution in [0, 0.1) is 26.7 Å². The molecule has 0 aromatic heterocycles. The fourth-order valence-corrected chi connectivity index (χ4v) is 2.81. The van der Waals surface area contributed by atoms with Gasteiger partial charge in [-0.2, -0.15) is 0 Å². The highest BCUT2D eigenvalue weighted by Crippen LogP contribution is 2.33. The first-order valence-corrected chi connectivity index (χ1v) is 7.02. The van der Waals surface area contributed by atoms with E-state index in [0.717, 1.165) is 18.7 Å². The van der Waals surface area contributed by atoms with Gasteiger partial charge in [-0.3, -0.25) is 0 Å². The van der Waals surface area contributed by atoms with Gasteiger partial charge in [0.2, 0.25) is 0 Å². The molecule has 0 aliphatic carbocycles. The summed E-state index contributed by atoms with van der Waals surface area (Å²) in [7, 11) is 3.70. The molecule has 1 aromatic rings. The molecular formula is C16H28N2O. The molecule has 0 heterocycles. The summed E-state index contributed by atoms with van der Waals surface area (Å²) in [6.07, 6.45) is 1.08. The molecule has 3 heteroatoms. The first kappa shape index (κ1) is 16.0. The lowest BCUT2D eigenvalue weighted by Gasteiger charge is -2.27. The number of rotatable bonds is 6. The largest absolute Gasteiger partial charge is 0.496 e. The van der Waals surface area contributed by atoms with Crippen LogP contribution in [0.1, 0.15) is 41.6 Å². The fraction of sp³-hybridized carbons (Fsp3) is 0.625. The molecule has 0 fully saturated rings. The van der Waals surface area contributed by atoms with Gasteiger partial charge in [-0.25, -0.2) is 0 Å². The van der Waals surface area contributed by atoms with E-state index in [4.69, 9.17) is 10.5 Å². The molecule has 1 aromatic carbocycles. The maximum atomic E-state index is 6.52. The third kappa shape index (κ3) is 3.28. The second kappa shape index (κ2) is 6.92. The number of ether oxygens (including phenoxy) is 1. The van der Waals surface area contributed by atoms with Crippen molar-refractivity contribution in [3.8, 4) is 5.75 Å². The van der Waals surface area contributed by atoms with Crippen LogP contribution in [0.2, 0.25) is 0 Å². The van der Waals surface area contributed by atoms with E-state index in [2.05, 4.69) is 39.1 Å². The van der Waals surface area contributed by atoms with E-state index < -0.39 is 0 Å². The van der Waals surface area contributed by atoms with Crippen LogP contribution in [0.5, 0.6) is 5.75 Å². The summed E-state index contributed by atoms with van der Waals surface area (Å²) in [4.78, 5) is 0. The average Bonchev–Trinajstić information content (AvgIpc) is 2.39. The van der Waals surface area contributed by atoms with Crippen molar-refractivity contribution in [2.75, 3.05) is 20.7 Å². The Morgan fingerprint density at radius 2 is 1.89 bits per heavy atom. The first-order valence-electron chi connectivity index (χ1n) is 7.02. The van der Waals surface area contributed by atoms with Crippen molar-refractivity contribution in [1.82, 2.24) is 5.32 Å². The molecule has 2 unspecified atom stereocenters. The Hall–Kier alpha value is -1.06. The van der Waals surface area contributed by atoms with Crippen LogP contribution in [0.25, 0.3) is 0 Å². The summed E-state index contributed by atoms with van der Waals surface area (Å²) in [6.45, 7) is 9.51. The van der Waals surface area contributed by atoms with Crippen molar-refractivity contribution in [2.45, 2.75) is 40.2 Å². The van der Waals surface area contributed by atoms with Crippen LogP contribution >= 0.6 is 0 Å². The topological polar surface area (TPSA) is 47.3 Å². The predicted molar refractivity (Wildman–Crippen MR) is 81.8 cm³/mol. The zero-order chi connectivity index (χ0) is 14.6. The van der Waals surface area contributed by atoms with Gasteiger partial charge in [0.1, 0.15) is 5.75 Å². The third-order valence-electron chi connectivity index (χ3n) is 4.16. The lowest BCUT2D eigenvalue weighted by Crippen LogP contribution is -2.30. The van der Waals surface area contributed by atoms with Gasteiger partial charge < -0.3 is 15.8 Å². The van der Waals surface area contributed by atoms with E-state index in [9.17, 15) is 0 Å². The molecule has 3 N–H and O–H groups in total. The van der Waals surface area contributed by atoms with Gasteiger partial charge in [-0.05, 0) is 68.6 Å². The summed E-state index contributed by atoms with van der Waals surface area (Å²) < 4.78 is 5.42. The molecule has 108 valence electrons. The standard InChI is InChI=1S/C16H28N2O/c1-7-13(9-18-5)16(17)15-10(2)8-14(19-6)11(3)12(15)4/h8,13,16,18H,7,9,17H2,1-6H3. The second-order valence-electron chi connectivity index (χ2n) is 5.31. The molecule has 0 spiro atoms. The van der Waals surface area contributed by atoms with Gasteiger partial charge in [-0.1, -0.05) is 13.3 Å². The molecule has 1 rings (SSSR count). The highest BCUT2D eigenvalue weighted by molar-refractivity contribution is 5.49. The molecule has 3 nitrogen and oxygen atoms in total. The highest BCUT2D eigenvalue weighted by atomic mass is 16.5. The molecule has 0 saturated heterocycles. The molecular weight excluding hydrogens is 236 g/mol. The van der Waals surface area contributed by atoms with Crippen molar-refractivity contribution in [1.29, 1.82) is 0 Å². The Kier molecular flexibility index (Phi) is 5.83. The van der Waals surface area contributed by atoms with E-state index in [1.807, 2.05) is 7.05 Å². The van der Waals surface area contributed by atoms with Crippen LogP contribution < -0.4 is 15.8 Å². The molecule has 0 saturated carbocycles. The van der Waals surface area contributed by atoms with Crippen molar-refractivity contribution in [2.24, 2.45) is 11.7 Å². The Labute approximate surface area is 117 Å². The van der Waals surface area contributed by atoms with Crippen LogP contribution in [0.3, 0.4) is 0 Å². The summed E-state index contributed by atoms with van der Waals surface area (Å²) >= 11 is 0. The van der Waals surface area contributed by atoms with Gasteiger partial charge in [0.25, 0.3) is 0 Å². The lowest BCUT2D eigenvalue weighted by molar-refractivity contribution is 0.396. The van der Waals surface area contributed by atoms with Crippen molar-refractivity contribution >= 4 is 0 Å². The van der Waals surface area contributed by atoms with Crippen LogP contribution in [0.4, 0.5) is 0 Å². The van der Waals surface area contributed by atoms with Crippen molar-refractivity contribution in [3.05, 3.63) is 28.3 Å². The van der Waals surface area contributed by atoms with Crippen LogP contribution in [-0.2, 0) is 0 Å². The Morgan fingerprint density at radius 1 is 1.26 bits per heavy atom. The second-order valence-corrected chi connectivity index (χ2v) is 5.31. The maximum Gasteiger partial charge on any atom is 0.122 e. The minimum absolute atomic E-state index is 0.0713. The number of hydrogen-bond acceptors (Lipinski definition) is 3. The number of aryl methyl sites for hydroxylation is 1.